The molecule has 2 rings (SSSR count). The van der Waals surface area contributed by atoms with Gasteiger partial charge in [0.05, 0.1) is 16.3 Å². The molecule has 0 atom stereocenters. The van der Waals surface area contributed by atoms with E-state index in [-0.39, 0.29) is 12.4 Å². The summed E-state index contributed by atoms with van der Waals surface area (Å²) in [6, 6.07) is 4.42. The van der Waals surface area contributed by atoms with Crippen molar-refractivity contribution in [2.24, 2.45) is 0 Å². The van der Waals surface area contributed by atoms with Crippen molar-refractivity contribution in [1.29, 1.82) is 0 Å². The zero-order valence-electron chi connectivity index (χ0n) is 8.12. The Morgan fingerprint density at radius 2 is 2.25 bits per heavy atom. The number of hydrogen-bond donors (Lipinski definition) is 1. The molecule has 1 aromatic heterocycles. The molecule has 0 saturated heterocycles. The normalized spacial score (nSPS) is 10.7. The molecule has 0 amide bonds. The summed E-state index contributed by atoms with van der Waals surface area (Å²) < 4.78 is 15.8. The van der Waals surface area contributed by atoms with E-state index in [2.05, 4.69) is 27.7 Å². The Balaban J connectivity index is 2.33. The van der Waals surface area contributed by atoms with Crippen LogP contribution in [0.4, 0.5) is 10.2 Å². The number of halogens is 3. The van der Waals surface area contributed by atoms with Gasteiger partial charge in [-0.2, -0.15) is 5.10 Å². The Morgan fingerprint density at radius 3 is 2.88 bits per heavy atom. The highest BCUT2D eigenvalue weighted by atomic mass is 127. The smallest absolute Gasteiger partial charge is 0.135 e. The van der Waals surface area contributed by atoms with Crippen molar-refractivity contribution >= 4 is 40.0 Å². The molecule has 3 nitrogen and oxygen atoms in total. The fraction of sp³-hybridized carbons (Fsp3) is 0.100. The number of hydrogen-bond acceptors (Lipinski definition) is 2. The second-order valence-corrected chi connectivity index (χ2v) is 4.87. The third kappa shape index (κ3) is 2.30. The lowest BCUT2D eigenvalue weighted by atomic mass is 10.2. The summed E-state index contributed by atoms with van der Waals surface area (Å²) in [6.07, 6.45) is 1.64. The number of nitrogens with two attached hydrogens (primary N) is 1. The summed E-state index contributed by atoms with van der Waals surface area (Å²) in [5, 5.41) is 4.55. The molecule has 1 aromatic carbocycles. The molecule has 84 valence electrons. The lowest BCUT2D eigenvalue weighted by Gasteiger charge is -2.06. The Morgan fingerprint density at radius 1 is 1.50 bits per heavy atom. The Hall–Kier alpha value is -0.820. The first-order chi connectivity index (χ1) is 7.58. The van der Waals surface area contributed by atoms with Crippen LogP contribution in [0.3, 0.4) is 0 Å². The second-order valence-electron chi connectivity index (χ2n) is 3.27. The third-order valence-corrected chi connectivity index (χ3v) is 3.23. The van der Waals surface area contributed by atoms with Crippen molar-refractivity contribution in [3.63, 3.8) is 0 Å². The van der Waals surface area contributed by atoms with Gasteiger partial charge in [0, 0.05) is 10.6 Å². The Bertz CT molecular complexity index is 527. The molecule has 0 saturated carbocycles. The predicted octanol–water partition coefficient (Wildman–Crippen LogP) is 2.91. The van der Waals surface area contributed by atoms with Crippen molar-refractivity contribution in [1.82, 2.24) is 9.78 Å². The van der Waals surface area contributed by atoms with Crippen LogP contribution >= 0.6 is 34.2 Å². The van der Waals surface area contributed by atoms with E-state index in [4.69, 9.17) is 17.3 Å². The predicted molar refractivity (Wildman–Crippen MR) is 69.9 cm³/mol. The third-order valence-electron chi connectivity index (χ3n) is 2.16. The van der Waals surface area contributed by atoms with Gasteiger partial charge in [0.15, 0.2) is 0 Å². The minimum atomic E-state index is -0.311. The monoisotopic (exact) mass is 351 g/mol. The van der Waals surface area contributed by atoms with Gasteiger partial charge in [0.2, 0.25) is 0 Å². The summed E-state index contributed by atoms with van der Waals surface area (Å²) in [5.74, 6) is 0.217. The highest BCUT2D eigenvalue weighted by molar-refractivity contribution is 14.1. The second kappa shape index (κ2) is 4.58. The highest BCUT2D eigenvalue weighted by Gasteiger charge is 2.08. The first-order valence-electron chi connectivity index (χ1n) is 4.48. The van der Waals surface area contributed by atoms with Gasteiger partial charge in [-0.05, 0) is 40.8 Å². The first kappa shape index (κ1) is 11.7. The van der Waals surface area contributed by atoms with Crippen LogP contribution in [0, 0.1) is 9.39 Å². The number of rotatable bonds is 2. The molecule has 0 radical (unpaired) electrons. The maximum atomic E-state index is 13.5. The lowest BCUT2D eigenvalue weighted by molar-refractivity contribution is 0.587. The molecule has 2 aromatic rings. The Kier molecular flexibility index (Phi) is 3.34. The highest BCUT2D eigenvalue weighted by Crippen LogP contribution is 2.19. The molecule has 6 heteroatoms. The van der Waals surface area contributed by atoms with Crippen molar-refractivity contribution in [2.45, 2.75) is 6.54 Å². The summed E-state index contributed by atoms with van der Waals surface area (Å²) >= 11 is 7.87. The van der Waals surface area contributed by atoms with Crippen LogP contribution in [-0.2, 0) is 6.54 Å². The van der Waals surface area contributed by atoms with Crippen molar-refractivity contribution < 1.29 is 4.39 Å². The quantitative estimate of drug-likeness (QED) is 0.846. The topological polar surface area (TPSA) is 43.8 Å². The number of aromatic nitrogens is 2. The van der Waals surface area contributed by atoms with E-state index < -0.39 is 0 Å². The molecule has 0 fully saturated rings. The first-order valence-corrected chi connectivity index (χ1v) is 5.94. The van der Waals surface area contributed by atoms with Crippen LogP contribution in [0.15, 0.2) is 24.4 Å². The minimum Gasteiger partial charge on any atom is -0.383 e. The summed E-state index contributed by atoms with van der Waals surface area (Å²) in [4.78, 5) is 0. The summed E-state index contributed by atoms with van der Waals surface area (Å²) in [5.41, 5.74) is 6.25. The van der Waals surface area contributed by atoms with Crippen LogP contribution in [0.5, 0.6) is 0 Å². The van der Waals surface area contributed by atoms with Crippen LogP contribution in [0.2, 0.25) is 5.02 Å². The molecule has 0 spiro atoms. The number of nitrogen functional groups attached to an aromatic ring is 1. The summed E-state index contributed by atoms with van der Waals surface area (Å²) in [7, 11) is 0. The van der Waals surface area contributed by atoms with Gasteiger partial charge in [0.1, 0.15) is 11.6 Å². The fourth-order valence-corrected chi connectivity index (χ4v) is 1.92. The summed E-state index contributed by atoms with van der Waals surface area (Å²) in [6.45, 7) is 0.279. The van der Waals surface area contributed by atoms with Crippen molar-refractivity contribution in [3.05, 3.63) is 44.4 Å². The van der Waals surface area contributed by atoms with E-state index in [0.29, 0.717) is 16.4 Å². The van der Waals surface area contributed by atoms with Gasteiger partial charge in [-0.15, -0.1) is 0 Å². The van der Waals surface area contributed by atoms with Crippen molar-refractivity contribution in [2.75, 3.05) is 5.73 Å². The van der Waals surface area contributed by atoms with E-state index in [9.17, 15) is 4.39 Å². The standard InChI is InChI=1S/C10H8ClFIN3/c11-7-1-2-8(12)6(3-7)5-16-10(14)9(13)4-15-16/h1-4H,5,14H2. The van der Waals surface area contributed by atoms with Gasteiger partial charge in [-0.1, -0.05) is 11.6 Å². The molecule has 2 N–H and O–H groups in total. The van der Waals surface area contributed by atoms with E-state index in [1.54, 1.807) is 12.3 Å². The molecule has 1 heterocycles. The largest absolute Gasteiger partial charge is 0.383 e. The molecule has 0 aliphatic carbocycles. The lowest BCUT2D eigenvalue weighted by Crippen LogP contribution is -2.07. The molecular formula is C10H8ClFIN3. The fourth-order valence-electron chi connectivity index (χ4n) is 1.32. The average molecular weight is 352 g/mol. The van der Waals surface area contributed by atoms with E-state index in [1.807, 2.05) is 0 Å². The minimum absolute atomic E-state index is 0.279. The van der Waals surface area contributed by atoms with E-state index in [0.717, 1.165) is 3.57 Å². The van der Waals surface area contributed by atoms with Gasteiger partial charge in [0.25, 0.3) is 0 Å². The van der Waals surface area contributed by atoms with E-state index in [1.165, 1.54) is 16.8 Å². The van der Waals surface area contributed by atoms with Gasteiger partial charge in [-0.25, -0.2) is 9.07 Å². The maximum Gasteiger partial charge on any atom is 0.135 e. The number of anilines is 1. The zero-order valence-corrected chi connectivity index (χ0v) is 11.0. The van der Waals surface area contributed by atoms with Crippen LogP contribution < -0.4 is 5.73 Å². The number of benzene rings is 1. The van der Waals surface area contributed by atoms with Gasteiger partial charge >= 0.3 is 0 Å². The molecular weight excluding hydrogens is 343 g/mol. The maximum absolute atomic E-state index is 13.5. The Labute approximate surface area is 111 Å². The number of nitrogens with zero attached hydrogens (tertiary/aromatic N) is 2. The van der Waals surface area contributed by atoms with Crippen molar-refractivity contribution in [3.8, 4) is 0 Å². The average Bonchev–Trinajstić information content (AvgIpc) is 2.55. The molecule has 16 heavy (non-hydrogen) atoms. The molecule has 0 aliphatic heterocycles. The molecule has 0 aliphatic rings. The van der Waals surface area contributed by atoms with Gasteiger partial charge < -0.3 is 5.73 Å². The molecule has 0 unspecified atom stereocenters. The zero-order chi connectivity index (χ0) is 11.7. The van der Waals surface area contributed by atoms with Crippen LogP contribution in [-0.4, -0.2) is 9.78 Å². The van der Waals surface area contributed by atoms with Crippen LogP contribution in [0.1, 0.15) is 5.56 Å². The van der Waals surface area contributed by atoms with Gasteiger partial charge in [-0.3, -0.25) is 0 Å². The van der Waals surface area contributed by atoms with E-state index >= 15 is 0 Å². The van der Waals surface area contributed by atoms with Crippen LogP contribution in [0.25, 0.3) is 0 Å². The molecule has 0 bridgehead atoms. The SMILES string of the molecule is Nc1c(I)cnn1Cc1cc(Cl)ccc1F.